The average Bonchev–Trinajstić information content (AvgIpc) is 2.53. The van der Waals surface area contributed by atoms with E-state index in [-0.39, 0.29) is 6.04 Å². The molecule has 0 fully saturated rings. The molecule has 0 heterocycles. The summed E-state index contributed by atoms with van der Waals surface area (Å²) in [5.41, 5.74) is 2.46. The second-order valence-corrected chi connectivity index (χ2v) is 4.73. The number of nitrogens with one attached hydrogen (secondary N) is 1. The van der Waals surface area contributed by atoms with Crippen molar-refractivity contribution in [3.05, 3.63) is 59.7 Å². The highest BCUT2D eigenvalue weighted by atomic mass is 16.5. The lowest BCUT2D eigenvalue weighted by Crippen LogP contribution is -2.18. The van der Waals surface area contributed by atoms with Crippen molar-refractivity contribution < 1.29 is 9.47 Å². The molecular formula is C17H21NO2. The zero-order valence-corrected chi connectivity index (χ0v) is 12.2. The summed E-state index contributed by atoms with van der Waals surface area (Å²) in [7, 11) is 3.37. The number of rotatable bonds is 6. The van der Waals surface area contributed by atoms with Gasteiger partial charge < -0.3 is 14.8 Å². The lowest BCUT2D eigenvalue weighted by molar-refractivity contribution is 0.413. The monoisotopic (exact) mass is 271 g/mol. The molecule has 2 aromatic rings. The Labute approximate surface area is 120 Å². The van der Waals surface area contributed by atoms with Gasteiger partial charge in [0.15, 0.2) is 0 Å². The molecule has 1 atom stereocenters. The molecule has 0 aliphatic rings. The first kappa shape index (κ1) is 14.4. The smallest absolute Gasteiger partial charge is 0.119 e. The van der Waals surface area contributed by atoms with Crippen LogP contribution in [0.3, 0.4) is 0 Å². The van der Waals surface area contributed by atoms with Gasteiger partial charge in [-0.25, -0.2) is 0 Å². The summed E-state index contributed by atoms with van der Waals surface area (Å²) in [6, 6.07) is 16.5. The summed E-state index contributed by atoms with van der Waals surface area (Å²) in [5.74, 6) is 1.77. The maximum Gasteiger partial charge on any atom is 0.119 e. The van der Waals surface area contributed by atoms with Gasteiger partial charge in [-0.2, -0.15) is 0 Å². The van der Waals surface area contributed by atoms with Crippen LogP contribution in [0.15, 0.2) is 48.5 Å². The molecule has 0 aliphatic heterocycles. The second-order valence-electron chi connectivity index (χ2n) is 4.73. The van der Waals surface area contributed by atoms with Crippen LogP contribution in [0, 0.1) is 0 Å². The third kappa shape index (κ3) is 3.75. The molecule has 0 spiro atoms. The molecule has 0 unspecified atom stereocenters. The van der Waals surface area contributed by atoms with Crippen LogP contribution in [0.2, 0.25) is 0 Å². The van der Waals surface area contributed by atoms with Crippen LogP contribution in [0.1, 0.15) is 24.1 Å². The van der Waals surface area contributed by atoms with E-state index < -0.39 is 0 Å². The Kier molecular flexibility index (Phi) is 5.02. The van der Waals surface area contributed by atoms with Crippen molar-refractivity contribution in [2.24, 2.45) is 0 Å². The summed E-state index contributed by atoms with van der Waals surface area (Å²) in [5, 5.41) is 3.51. The molecule has 2 rings (SSSR count). The number of hydrogen-bond acceptors (Lipinski definition) is 3. The Balaban J connectivity index is 1.95. The first-order chi connectivity index (χ1) is 9.72. The Morgan fingerprint density at radius 1 is 0.950 bits per heavy atom. The molecule has 1 N–H and O–H groups in total. The summed E-state index contributed by atoms with van der Waals surface area (Å²) >= 11 is 0. The van der Waals surface area contributed by atoms with Gasteiger partial charge in [0.25, 0.3) is 0 Å². The van der Waals surface area contributed by atoms with E-state index in [1.807, 2.05) is 24.3 Å². The standard InChI is InChI=1S/C17H21NO2/c1-13(15-5-4-6-17(11-15)20-3)18-12-14-7-9-16(19-2)10-8-14/h4-11,13,18H,12H2,1-3H3/t13-/m0/s1. The van der Waals surface area contributed by atoms with E-state index in [9.17, 15) is 0 Å². The highest BCUT2D eigenvalue weighted by Gasteiger charge is 2.06. The summed E-state index contributed by atoms with van der Waals surface area (Å²) in [4.78, 5) is 0. The van der Waals surface area contributed by atoms with Crippen molar-refractivity contribution in [1.82, 2.24) is 5.32 Å². The van der Waals surface area contributed by atoms with E-state index in [4.69, 9.17) is 9.47 Å². The largest absolute Gasteiger partial charge is 0.497 e. The fourth-order valence-electron chi connectivity index (χ4n) is 2.04. The van der Waals surface area contributed by atoms with Crippen LogP contribution in [0.5, 0.6) is 11.5 Å². The minimum Gasteiger partial charge on any atom is -0.497 e. The molecule has 106 valence electrons. The van der Waals surface area contributed by atoms with Crippen molar-refractivity contribution in [1.29, 1.82) is 0 Å². The summed E-state index contributed by atoms with van der Waals surface area (Å²) in [6.07, 6.45) is 0. The normalized spacial score (nSPS) is 11.9. The lowest BCUT2D eigenvalue weighted by Gasteiger charge is -2.15. The maximum atomic E-state index is 5.25. The Hall–Kier alpha value is -2.00. The molecule has 0 bridgehead atoms. The van der Waals surface area contributed by atoms with E-state index in [1.165, 1.54) is 11.1 Å². The SMILES string of the molecule is COc1ccc(CN[C@@H](C)c2cccc(OC)c2)cc1. The first-order valence-electron chi connectivity index (χ1n) is 6.73. The van der Waals surface area contributed by atoms with E-state index in [1.54, 1.807) is 14.2 Å². The Bertz CT molecular complexity index is 537. The van der Waals surface area contributed by atoms with E-state index in [0.29, 0.717) is 0 Å². The number of benzene rings is 2. The Morgan fingerprint density at radius 3 is 2.30 bits per heavy atom. The molecule has 0 aliphatic carbocycles. The van der Waals surface area contributed by atoms with Gasteiger partial charge in [0.05, 0.1) is 14.2 Å². The van der Waals surface area contributed by atoms with Gasteiger partial charge >= 0.3 is 0 Å². The predicted molar refractivity (Wildman–Crippen MR) is 81.2 cm³/mol. The van der Waals surface area contributed by atoms with Gasteiger partial charge in [-0.1, -0.05) is 24.3 Å². The minimum absolute atomic E-state index is 0.271. The van der Waals surface area contributed by atoms with Crippen LogP contribution in [-0.2, 0) is 6.54 Å². The number of hydrogen-bond donors (Lipinski definition) is 1. The van der Waals surface area contributed by atoms with E-state index >= 15 is 0 Å². The van der Waals surface area contributed by atoms with Crippen molar-refractivity contribution in [3.63, 3.8) is 0 Å². The minimum atomic E-state index is 0.271. The van der Waals surface area contributed by atoms with Gasteiger partial charge in [0, 0.05) is 12.6 Å². The molecule has 0 aromatic heterocycles. The summed E-state index contributed by atoms with van der Waals surface area (Å²) < 4.78 is 10.4. The molecule has 0 saturated heterocycles. The van der Waals surface area contributed by atoms with Crippen LogP contribution in [0.4, 0.5) is 0 Å². The van der Waals surface area contributed by atoms with Gasteiger partial charge in [-0.05, 0) is 42.3 Å². The van der Waals surface area contributed by atoms with Crippen LogP contribution in [0.25, 0.3) is 0 Å². The quantitative estimate of drug-likeness (QED) is 0.871. The number of ether oxygens (including phenoxy) is 2. The molecular weight excluding hydrogens is 250 g/mol. The Morgan fingerprint density at radius 2 is 1.65 bits per heavy atom. The van der Waals surface area contributed by atoms with Gasteiger partial charge in [-0.3, -0.25) is 0 Å². The predicted octanol–water partition coefficient (Wildman–Crippen LogP) is 3.55. The third-order valence-electron chi connectivity index (χ3n) is 3.37. The third-order valence-corrected chi connectivity index (χ3v) is 3.37. The highest BCUT2D eigenvalue weighted by molar-refractivity contribution is 5.31. The first-order valence-corrected chi connectivity index (χ1v) is 6.73. The van der Waals surface area contributed by atoms with Gasteiger partial charge in [-0.15, -0.1) is 0 Å². The van der Waals surface area contributed by atoms with Crippen molar-refractivity contribution in [2.45, 2.75) is 19.5 Å². The van der Waals surface area contributed by atoms with Crippen LogP contribution in [-0.4, -0.2) is 14.2 Å². The van der Waals surface area contributed by atoms with Crippen molar-refractivity contribution in [3.8, 4) is 11.5 Å². The fourth-order valence-corrected chi connectivity index (χ4v) is 2.04. The van der Waals surface area contributed by atoms with Gasteiger partial charge in [0.2, 0.25) is 0 Å². The average molecular weight is 271 g/mol. The van der Waals surface area contributed by atoms with E-state index in [0.717, 1.165) is 18.0 Å². The summed E-state index contributed by atoms with van der Waals surface area (Å²) in [6.45, 7) is 2.97. The van der Waals surface area contributed by atoms with Crippen LogP contribution < -0.4 is 14.8 Å². The second kappa shape index (κ2) is 6.96. The molecule has 0 radical (unpaired) electrons. The molecule has 3 heteroatoms. The molecule has 0 saturated carbocycles. The maximum absolute atomic E-state index is 5.25. The lowest BCUT2D eigenvalue weighted by atomic mass is 10.1. The molecule has 0 amide bonds. The van der Waals surface area contributed by atoms with Crippen LogP contribution >= 0.6 is 0 Å². The molecule has 2 aromatic carbocycles. The molecule has 20 heavy (non-hydrogen) atoms. The number of methoxy groups -OCH3 is 2. The zero-order chi connectivity index (χ0) is 14.4. The zero-order valence-electron chi connectivity index (χ0n) is 12.2. The molecule has 3 nitrogen and oxygen atoms in total. The highest BCUT2D eigenvalue weighted by Crippen LogP contribution is 2.19. The van der Waals surface area contributed by atoms with Crippen molar-refractivity contribution >= 4 is 0 Å². The van der Waals surface area contributed by atoms with Crippen molar-refractivity contribution in [2.75, 3.05) is 14.2 Å². The fraction of sp³-hybridized carbons (Fsp3) is 0.294. The topological polar surface area (TPSA) is 30.5 Å². The van der Waals surface area contributed by atoms with E-state index in [2.05, 4.69) is 36.5 Å². The van der Waals surface area contributed by atoms with Gasteiger partial charge in [0.1, 0.15) is 11.5 Å².